The number of piperidine rings is 1. The molecule has 0 aromatic carbocycles. The highest BCUT2D eigenvalue weighted by atomic mass is 16.6. The Morgan fingerprint density at radius 2 is 2.15 bits per heavy atom. The summed E-state index contributed by atoms with van der Waals surface area (Å²) in [6, 6.07) is 1.97. The number of aromatic nitrogens is 5. The van der Waals surface area contributed by atoms with E-state index in [9.17, 15) is 4.79 Å². The standard InChI is InChI=1S/C18H24N6O2/c1-11-6-8-23(17(25)26-18(2,3)4)10-12(11)16-22-21-14-9-20-15-13(24(14)16)5-7-19-15/h5,7,9,11-12,19H,6,8,10H2,1-4H3. The van der Waals surface area contributed by atoms with E-state index in [1.807, 2.05) is 37.4 Å². The van der Waals surface area contributed by atoms with Crippen molar-refractivity contribution in [1.82, 2.24) is 29.5 Å². The first kappa shape index (κ1) is 16.8. The summed E-state index contributed by atoms with van der Waals surface area (Å²) >= 11 is 0. The van der Waals surface area contributed by atoms with Crippen molar-refractivity contribution in [2.75, 3.05) is 13.1 Å². The number of carbonyl (C=O) groups excluding carboxylic acids is 1. The number of likely N-dealkylation sites (tertiary alicyclic amines) is 1. The van der Waals surface area contributed by atoms with Crippen molar-refractivity contribution < 1.29 is 9.53 Å². The Morgan fingerprint density at radius 3 is 2.92 bits per heavy atom. The summed E-state index contributed by atoms with van der Waals surface area (Å²) in [5.41, 5.74) is 1.96. The maximum absolute atomic E-state index is 12.5. The van der Waals surface area contributed by atoms with E-state index in [0.29, 0.717) is 24.7 Å². The van der Waals surface area contributed by atoms with E-state index in [-0.39, 0.29) is 12.0 Å². The van der Waals surface area contributed by atoms with Crippen LogP contribution < -0.4 is 0 Å². The van der Waals surface area contributed by atoms with E-state index in [2.05, 4.69) is 27.1 Å². The number of nitrogens with one attached hydrogen (secondary N) is 1. The summed E-state index contributed by atoms with van der Waals surface area (Å²) in [5.74, 6) is 1.35. The van der Waals surface area contributed by atoms with Crippen molar-refractivity contribution in [3.63, 3.8) is 0 Å². The third-order valence-corrected chi connectivity index (χ3v) is 4.91. The van der Waals surface area contributed by atoms with Crippen LogP contribution in [-0.2, 0) is 4.74 Å². The van der Waals surface area contributed by atoms with Gasteiger partial charge in [-0.25, -0.2) is 9.78 Å². The molecule has 0 saturated carbocycles. The molecule has 1 amide bonds. The van der Waals surface area contributed by atoms with Crippen LogP contribution in [0.5, 0.6) is 0 Å². The molecule has 3 aromatic rings. The molecule has 1 aliphatic rings. The van der Waals surface area contributed by atoms with Gasteiger partial charge >= 0.3 is 6.09 Å². The molecule has 1 N–H and O–H groups in total. The highest BCUT2D eigenvalue weighted by molar-refractivity contribution is 5.74. The zero-order valence-corrected chi connectivity index (χ0v) is 15.6. The lowest BCUT2D eigenvalue weighted by atomic mass is 9.86. The lowest BCUT2D eigenvalue weighted by Crippen LogP contribution is -2.45. The van der Waals surface area contributed by atoms with Crippen LogP contribution >= 0.6 is 0 Å². The van der Waals surface area contributed by atoms with Crippen LogP contribution in [0.4, 0.5) is 4.79 Å². The Hall–Kier alpha value is -2.64. The molecule has 0 bridgehead atoms. The van der Waals surface area contributed by atoms with Gasteiger partial charge in [0.05, 0.1) is 11.7 Å². The van der Waals surface area contributed by atoms with Gasteiger partial charge in [-0.2, -0.15) is 0 Å². The maximum atomic E-state index is 12.5. The maximum Gasteiger partial charge on any atom is 0.410 e. The van der Waals surface area contributed by atoms with E-state index >= 15 is 0 Å². The van der Waals surface area contributed by atoms with E-state index in [0.717, 1.165) is 23.4 Å². The molecule has 2 atom stereocenters. The molecule has 1 saturated heterocycles. The monoisotopic (exact) mass is 356 g/mol. The summed E-state index contributed by atoms with van der Waals surface area (Å²) in [6.45, 7) is 9.13. The van der Waals surface area contributed by atoms with Gasteiger partial charge in [-0.3, -0.25) is 4.40 Å². The first-order valence-corrected chi connectivity index (χ1v) is 8.98. The largest absolute Gasteiger partial charge is 0.444 e. The summed E-state index contributed by atoms with van der Waals surface area (Å²) < 4.78 is 7.59. The molecule has 8 heteroatoms. The molecular formula is C18H24N6O2. The zero-order valence-electron chi connectivity index (χ0n) is 15.6. The van der Waals surface area contributed by atoms with Crippen molar-refractivity contribution >= 4 is 22.9 Å². The summed E-state index contributed by atoms with van der Waals surface area (Å²) in [4.78, 5) is 21.8. The van der Waals surface area contributed by atoms with Gasteiger partial charge < -0.3 is 14.6 Å². The minimum absolute atomic E-state index is 0.0896. The SMILES string of the molecule is CC1CCN(C(=O)OC(C)(C)C)CC1c1nnc2cnc3[nH]ccc3n12. The molecular weight excluding hydrogens is 332 g/mol. The van der Waals surface area contributed by atoms with Crippen LogP contribution in [0.1, 0.15) is 45.9 Å². The van der Waals surface area contributed by atoms with Crippen molar-refractivity contribution in [2.45, 2.75) is 45.6 Å². The Labute approximate surface area is 151 Å². The first-order valence-electron chi connectivity index (χ1n) is 8.98. The minimum Gasteiger partial charge on any atom is -0.444 e. The summed E-state index contributed by atoms with van der Waals surface area (Å²) in [6.07, 6.45) is 4.21. The van der Waals surface area contributed by atoms with Crippen molar-refractivity contribution in [3.8, 4) is 0 Å². The fraction of sp³-hybridized carbons (Fsp3) is 0.556. The second kappa shape index (κ2) is 5.96. The average Bonchev–Trinajstić information content (AvgIpc) is 3.19. The van der Waals surface area contributed by atoms with Gasteiger partial charge in [-0.1, -0.05) is 6.92 Å². The van der Waals surface area contributed by atoms with Gasteiger partial charge in [-0.15, -0.1) is 10.2 Å². The molecule has 4 heterocycles. The molecule has 0 radical (unpaired) electrons. The van der Waals surface area contributed by atoms with Crippen LogP contribution in [0.25, 0.3) is 16.8 Å². The van der Waals surface area contributed by atoms with E-state index in [4.69, 9.17) is 4.74 Å². The topological polar surface area (TPSA) is 88.4 Å². The smallest absolute Gasteiger partial charge is 0.410 e. The van der Waals surface area contributed by atoms with E-state index in [1.54, 1.807) is 11.1 Å². The average molecular weight is 356 g/mol. The van der Waals surface area contributed by atoms with Crippen molar-refractivity contribution in [1.29, 1.82) is 0 Å². The predicted octanol–water partition coefficient (Wildman–Crippen LogP) is 2.97. The first-order chi connectivity index (χ1) is 12.3. The number of aromatic amines is 1. The molecule has 1 fully saturated rings. The normalized spacial score (nSPS) is 21.5. The fourth-order valence-electron chi connectivity index (χ4n) is 3.54. The molecule has 138 valence electrons. The van der Waals surface area contributed by atoms with Crippen LogP contribution in [0.3, 0.4) is 0 Å². The van der Waals surface area contributed by atoms with Crippen molar-refractivity contribution in [2.24, 2.45) is 5.92 Å². The fourth-order valence-corrected chi connectivity index (χ4v) is 3.54. The van der Waals surface area contributed by atoms with E-state index in [1.165, 1.54) is 0 Å². The van der Waals surface area contributed by atoms with Gasteiger partial charge in [0.1, 0.15) is 11.4 Å². The number of hydrogen-bond acceptors (Lipinski definition) is 5. The minimum atomic E-state index is -0.500. The van der Waals surface area contributed by atoms with Crippen LogP contribution in [0, 0.1) is 5.92 Å². The Morgan fingerprint density at radius 1 is 1.35 bits per heavy atom. The van der Waals surface area contributed by atoms with Crippen molar-refractivity contribution in [3.05, 3.63) is 24.3 Å². The Kier molecular flexibility index (Phi) is 3.86. The number of ether oxygens (including phenoxy) is 1. The highest BCUT2D eigenvalue weighted by Crippen LogP contribution is 2.33. The summed E-state index contributed by atoms with van der Waals surface area (Å²) in [7, 11) is 0. The lowest BCUT2D eigenvalue weighted by molar-refractivity contribution is 0.0160. The quantitative estimate of drug-likeness (QED) is 0.724. The van der Waals surface area contributed by atoms with Gasteiger partial charge in [0.25, 0.3) is 0 Å². The molecule has 3 aromatic heterocycles. The second-order valence-corrected chi connectivity index (χ2v) is 8.02. The lowest BCUT2D eigenvalue weighted by Gasteiger charge is -2.37. The van der Waals surface area contributed by atoms with Gasteiger partial charge in [0.2, 0.25) is 0 Å². The Balaban J connectivity index is 1.69. The third kappa shape index (κ3) is 2.89. The molecule has 0 spiro atoms. The molecule has 0 aliphatic carbocycles. The Bertz CT molecular complexity index is 954. The van der Waals surface area contributed by atoms with Crippen LogP contribution in [0.15, 0.2) is 18.5 Å². The molecule has 2 unspecified atom stereocenters. The third-order valence-electron chi connectivity index (χ3n) is 4.91. The molecule has 4 rings (SSSR count). The van der Waals surface area contributed by atoms with Crippen LogP contribution in [-0.4, -0.2) is 54.2 Å². The van der Waals surface area contributed by atoms with Gasteiger partial charge in [-0.05, 0) is 39.2 Å². The number of nitrogens with zero attached hydrogens (tertiary/aromatic N) is 5. The van der Waals surface area contributed by atoms with Gasteiger partial charge in [0.15, 0.2) is 11.3 Å². The highest BCUT2D eigenvalue weighted by Gasteiger charge is 2.35. The number of rotatable bonds is 1. The predicted molar refractivity (Wildman–Crippen MR) is 97.0 cm³/mol. The van der Waals surface area contributed by atoms with E-state index < -0.39 is 5.60 Å². The number of amides is 1. The number of fused-ring (bicyclic) bond motifs is 3. The number of hydrogen-bond donors (Lipinski definition) is 1. The second-order valence-electron chi connectivity index (χ2n) is 8.02. The van der Waals surface area contributed by atoms with Crippen LogP contribution in [0.2, 0.25) is 0 Å². The number of carbonyl (C=O) groups is 1. The molecule has 1 aliphatic heterocycles. The summed E-state index contributed by atoms with van der Waals surface area (Å²) in [5, 5.41) is 8.74. The number of H-pyrrole nitrogens is 1. The molecule has 8 nitrogen and oxygen atoms in total. The van der Waals surface area contributed by atoms with Gasteiger partial charge in [0, 0.05) is 25.2 Å². The molecule has 26 heavy (non-hydrogen) atoms. The zero-order chi connectivity index (χ0) is 18.5.